The van der Waals surface area contributed by atoms with E-state index in [9.17, 15) is 18.7 Å². The van der Waals surface area contributed by atoms with Crippen LogP contribution in [0.3, 0.4) is 0 Å². The topological polar surface area (TPSA) is 61.4 Å². The third kappa shape index (κ3) is 6.11. The molecule has 140 valence electrons. The summed E-state index contributed by atoms with van der Waals surface area (Å²) in [6.45, 7) is 2.36. The first-order valence-electron chi connectivity index (χ1n) is 8.52. The van der Waals surface area contributed by atoms with Crippen LogP contribution in [-0.4, -0.2) is 30.8 Å². The minimum Gasteiger partial charge on any atom is -0.396 e. The van der Waals surface area contributed by atoms with Crippen molar-refractivity contribution in [3.8, 4) is 0 Å². The first-order valence-corrected chi connectivity index (χ1v) is 8.52. The minimum atomic E-state index is -0.626. The lowest BCUT2D eigenvalue weighted by Gasteiger charge is -2.27. The SMILES string of the molecule is CC(CO)(CNC(=O)NCCc1ccc(F)cc1F)Cc1ccccc1. The van der Waals surface area contributed by atoms with Crippen molar-refractivity contribution in [2.45, 2.75) is 19.8 Å². The average molecular weight is 362 g/mol. The number of urea groups is 1. The number of halogens is 2. The number of aliphatic hydroxyl groups is 1. The highest BCUT2D eigenvalue weighted by atomic mass is 19.1. The number of amides is 2. The highest BCUT2D eigenvalue weighted by molar-refractivity contribution is 5.73. The summed E-state index contributed by atoms with van der Waals surface area (Å²) in [4.78, 5) is 11.9. The fourth-order valence-corrected chi connectivity index (χ4v) is 2.65. The van der Waals surface area contributed by atoms with E-state index in [4.69, 9.17) is 0 Å². The molecule has 1 atom stereocenters. The van der Waals surface area contributed by atoms with Crippen LogP contribution in [0.25, 0.3) is 0 Å². The molecule has 3 N–H and O–H groups in total. The Morgan fingerprint density at radius 3 is 2.50 bits per heavy atom. The molecule has 0 aromatic heterocycles. The molecule has 0 bridgehead atoms. The zero-order chi connectivity index (χ0) is 19.0. The van der Waals surface area contributed by atoms with Gasteiger partial charge in [0.05, 0.1) is 6.61 Å². The van der Waals surface area contributed by atoms with Gasteiger partial charge in [-0.15, -0.1) is 0 Å². The molecule has 4 nitrogen and oxygen atoms in total. The van der Waals surface area contributed by atoms with E-state index in [1.807, 2.05) is 37.3 Å². The summed E-state index contributed by atoms with van der Waals surface area (Å²) < 4.78 is 26.4. The molecule has 0 aliphatic heterocycles. The van der Waals surface area contributed by atoms with Crippen molar-refractivity contribution in [1.82, 2.24) is 10.6 Å². The Morgan fingerprint density at radius 1 is 1.12 bits per heavy atom. The Hall–Kier alpha value is -2.47. The van der Waals surface area contributed by atoms with Crippen molar-refractivity contribution in [3.05, 3.63) is 71.3 Å². The Balaban J connectivity index is 1.77. The molecule has 6 heteroatoms. The summed E-state index contributed by atoms with van der Waals surface area (Å²) in [5.41, 5.74) is 0.941. The number of aliphatic hydroxyl groups excluding tert-OH is 1. The molecule has 2 amide bonds. The Labute approximate surface area is 152 Å². The molecule has 0 saturated heterocycles. The number of carbonyl (C=O) groups excluding carboxylic acids is 1. The second kappa shape index (κ2) is 9.29. The van der Waals surface area contributed by atoms with Crippen LogP contribution in [0.4, 0.5) is 13.6 Å². The van der Waals surface area contributed by atoms with Gasteiger partial charge in [0.15, 0.2) is 0 Å². The van der Waals surface area contributed by atoms with Crippen LogP contribution in [0.5, 0.6) is 0 Å². The second-order valence-electron chi connectivity index (χ2n) is 6.73. The smallest absolute Gasteiger partial charge is 0.314 e. The summed E-state index contributed by atoms with van der Waals surface area (Å²) in [6, 6.07) is 12.7. The van der Waals surface area contributed by atoms with Gasteiger partial charge in [-0.05, 0) is 30.0 Å². The zero-order valence-corrected chi connectivity index (χ0v) is 14.8. The molecule has 0 aliphatic rings. The summed E-state index contributed by atoms with van der Waals surface area (Å²) in [7, 11) is 0. The van der Waals surface area contributed by atoms with Crippen LogP contribution in [0.1, 0.15) is 18.1 Å². The maximum Gasteiger partial charge on any atom is 0.314 e. The van der Waals surface area contributed by atoms with Gasteiger partial charge in [0.25, 0.3) is 0 Å². The monoisotopic (exact) mass is 362 g/mol. The van der Waals surface area contributed by atoms with Crippen molar-refractivity contribution in [2.24, 2.45) is 5.41 Å². The lowest BCUT2D eigenvalue weighted by molar-refractivity contribution is 0.140. The molecular weight excluding hydrogens is 338 g/mol. The van der Waals surface area contributed by atoms with Gasteiger partial charge in [-0.25, -0.2) is 13.6 Å². The molecular formula is C20H24F2N2O2. The van der Waals surface area contributed by atoms with Gasteiger partial charge in [0.1, 0.15) is 11.6 Å². The van der Waals surface area contributed by atoms with Crippen LogP contribution in [0.2, 0.25) is 0 Å². The summed E-state index contributed by atoms with van der Waals surface area (Å²) in [5, 5.41) is 15.1. The molecule has 0 saturated carbocycles. The van der Waals surface area contributed by atoms with Crippen molar-refractivity contribution >= 4 is 6.03 Å². The summed E-state index contributed by atoms with van der Waals surface area (Å²) >= 11 is 0. The highest BCUT2D eigenvalue weighted by Gasteiger charge is 2.24. The molecule has 0 heterocycles. The quantitative estimate of drug-likeness (QED) is 0.676. The predicted octanol–water partition coefficient (Wildman–Crippen LogP) is 3.05. The first kappa shape index (κ1) is 19.8. The maximum atomic E-state index is 13.5. The van der Waals surface area contributed by atoms with Gasteiger partial charge in [-0.1, -0.05) is 43.3 Å². The number of benzene rings is 2. The molecule has 0 spiro atoms. The maximum absolute atomic E-state index is 13.5. The standard InChI is InChI=1S/C20H24F2N2O2/c1-20(14-25,12-15-5-3-2-4-6-15)13-24-19(26)23-10-9-16-7-8-17(21)11-18(16)22/h2-8,11,25H,9-10,12-14H2,1H3,(H2,23,24,26). The van der Waals surface area contributed by atoms with E-state index in [0.717, 1.165) is 11.6 Å². The van der Waals surface area contributed by atoms with Gasteiger partial charge < -0.3 is 15.7 Å². The second-order valence-corrected chi connectivity index (χ2v) is 6.73. The highest BCUT2D eigenvalue weighted by Crippen LogP contribution is 2.21. The molecule has 0 radical (unpaired) electrons. The largest absolute Gasteiger partial charge is 0.396 e. The minimum absolute atomic E-state index is 0.0665. The lowest BCUT2D eigenvalue weighted by Crippen LogP contribution is -2.44. The van der Waals surface area contributed by atoms with Gasteiger partial charge in [0, 0.05) is 24.6 Å². The third-order valence-electron chi connectivity index (χ3n) is 4.23. The van der Waals surface area contributed by atoms with E-state index >= 15 is 0 Å². The van der Waals surface area contributed by atoms with Crippen LogP contribution >= 0.6 is 0 Å². The van der Waals surface area contributed by atoms with E-state index in [2.05, 4.69) is 10.6 Å². The Kier molecular flexibility index (Phi) is 7.09. The van der Waals surface area contributed by atoms with Crippen LogP contribution in [0, 0.1) is 17.0 Å². The molecule has 2 rings (SSSR count). The van der Waals surface area contributed by atoms with Crippen molar-refractivity contribution in [3.63, 3.8) is 0 Å². The fraction of sp³-hybridized carbons (Fsp3) is 0.350. The van der Waals surface area contributed by atoms with Gasteiger partial charge in [0.2, 0.25) is 0 Å². The molecule has 26 heavy (non-hydrogen) atoms. The third-order valence-corrected chi connectivity index (χ3v) is 4.23. The zero-order valence-electron chi connectivity index (χ0n) is 14.8. The average Bonchev–Trinajstić information content (AvgIpc) is 2.63. The van der Waals surface area contributed by atoms with E-state index < -0.39 is 17.0 Å². The number of rotatable bonds is 8. The van der Waals surface area contributed by atoms with Gasteiger partial charge >= 0.3 is 6.03 Å². The van der Waals surface area contributed by atoms with E-state index in [1.54, 1.807) is 0 Å². The summed E-state index contributed by atoms with van der Waals surface area (Å²) in [6.07, 6.45) is 0.895. The molecule has 0 aliphatic carbocycles. The number of hydrogen-bond acceptors (Lipinski definition) is 2. The van der Waals surface area contributed by atoms with E-state index in [0.29, 0.717) is 18.5 Å². The summed E-state index contributed by atoms with van der Waals surface area (Å²) in [5.74, 6) is -1.25. The molecule has 0 fully saturated rings. The Bertz CT molecular complexity index is 725. The van der Waals surface area contributed by atoms with E-state index in [1.165, 1.54) is 12.1 Å². The van der Waals surface area contributed by atoms with Crippen LogP contribution in [-0.2, 0) is 12.8 Å². The number of nitrogens with one attached hydrogen (secondary N) is 2. The van der Waals surface area contributed by atoms with E-state index in [-0.39, 0.29) is 25.6 Å². The first-order chi connectivity index (χ1) is 12.4. The number of hydrogen-bond donors (Lipinski definition) is 3. The van der Waals surface area contributed by atoms with Crippen molar-refractivity contribution in [2.75, 3.05) is 19.7 Å². The molecule has 1 unspecified atom stereocenters. The normalized spacial score (nSPS) is 13.1. The van der Waals surface area contributed by atoms with Crippen LogP contribution in [0.15, 0.2) is 48.5 Å². The lowest BCUT2D eigenvalue weighted by atomic mass is 9.84. The number of carbonyl (C=O) groups is 1. The van der Waals surface area contributed by atoms with Gasteiger partial charge in [-0.3, -0.25) is 0 Å². The van der Waals surface area contributed by atoms with Gasteiger partial charge in [-0.2, -0.15) is 0 Å². The van der Waals surface area contributed by atoms with Crippen molar-refractivity contribution < 1.29 is 18.7 Å². The fourth-order valence-electron chi connectivity index (χ4n) is 2.65. The van der Waals surface area contributed by atoms with Crippen LogP contribution < -0.4 is 10.6 Å². The molecule has 2 aromatic carbocycles. The molecule has 2 aromatic rings. The predicted molar refractivity (Wildman–Crippen MR) is 96.8 cm³/mol. The van der Waals surface area contributed by atoms with Crippen molar-refractivity contribution in [1.29, 1.82) is 0 Å². The Morgan fingerprint density at radius 2 is 1.85 bits per heavy atom.